The van der Waals surface area contributed by atoms with Crippen molar-refractivity contribution in [2.45, 2.75) is 67.2 Å². The second-order valence-electron chi connectivity index (χ2n) is 6.94. The third kappa shape index (κ3) is 5.15. The Morgan fingerprint density at radius 1 is 1.21 bits per heavy atom. The van der Waals surface area contributed by atoms with Gasteiger partial charge in [-0.25, -0.2) is 0 Å². The fourth-order valence-corrected chi connectivity index (χ4v) is 4.36. The van der Waals surface area contributed by atoms with E-state index in [2.05, 4.69) is 47.9 Å². The van der Waals surface area contributed by atoms with Crippen LogP contribution in [-0.2, 0) is 0 Å². The molecule has 24 heavy (non-hydrogen) atoms. The highest BCUT2D eigenvalue weighted by atomic mass is 32.2. The molecule has 0 aromatic heterocycles. The number of rotatable bonds is 6. The average molecular weight is 348 g/mol. The Hall–Kier alpha value is -1.20. The minimum atomic E-state index is -0.112. The number of nitrogens with one attached hydrogen (secondary N) is 2. The normalized spacial score (nSPS) is 26.0. The first-order chi connectivity index (χ1) is 11.7. The van der Waals surface area contributed by atoms with Crippen molar-refractivity contribution in [3.8, 4) is 0 Å². The van der Waals surface area contributed by atoms with Gasteiger partial charge < -0.3 is 15.7 Å². The summed E-state index contributed by atoms with van der Waals surface area (Å²) < 4.78 is 0.284. The topological polar surface area (TPSA) is 56.7 Å². The van der Waals surface area contributed by atoms with Crippen LogP contribution in [0.4, 0.5) is 0 Å². The summed E-state index contributed by atoms with van der Waals surface area (Å²) in [5, 5.41) is 16.6. The number of aliphatic hydroxyl groups excluding tert-OH is 1. The van der Waals surface area contributed by atoms with Crippen LogP contribution >= 0.6 is 11.8 Å². The molecular formula is C19H29N3OS. The van der Waals surface area contributed by atoms with E-state index in [4.69, 9.17) is 4.99 Å². The van der Waals surface area contributed by atoms with E-state index in [-0.39, 0.29) is 10.9 Å². The monoisotopic (exact) mass is 347 g/mol. The largest absolute Gasteiger partial charge is 0.393 e. The Balaban J connectivity index is 1.55. The summed E-state index contributed by atoms with van der Waals surface area (Å²) >= 11 is 1.97. The number of guanidine groups is 1. The summed E-state index contributed by atoms with van der Waals surface area (Å²) in [4.78, 5) is 6.21. The lowest BCUT2D eigenvalue weighted by atomic mass is 9.93. The summed E-state index contributed by atoms with van der Waals surface area (Å²) in [7, 11) is 0. The lowest BCUT2D eigenvalue weighted by Crippen LogP contribution is -2.45. The van der Waals surface area contributed by atoms with Gasteiger partial charge in [-0.05, 0) is 57.6 Å². The minimum absolute atomic E-state index is 0.112. The summed E-state index contributed by atoms with van der Waals surface area (Å²) in [6.45, 7) is 3.84. The first-order valence-electron chi connectivity index (χ1n) is 9.16. The van der Waals surface area contributed by atoms with E-state index in [1.165, 1.54) is 17.7 Å². The number of benzene rings is 1. The molecule has 0 heterocycles. The third-order valence-corrected chi connectivity index (χ3v) is 6.27. The van der Waals surface area contributed by atoms with Crippen molar-refractivity contribution in [3.63, 3.8) is 0 Å². The van der Waals surface area contributed by atoms with Crippen LogP contribution in [0, 0.1) is 0 Å². The number of aliphatic imine (C=N–C) groups is 1. The molecule has 0 bridgehead atoms. The maximum atomic E-state index is 9.65. The summed E-state index contributed by atoms with van der Waals surface area (Å²) in [5.41, 5.74) is 0. The molecule has 4 nitrogen and oxygen atoms in total. The molecule has 3 N–H and O–H groups in total. The minimum Gasteiger partial charge on any atom is -0.393 e. The highest BCUT2D eigenvalue weighted by molar-refractivity contribution is 8.01. The van der Waals surface area contributed by atoms with E-state index in [1.54, 1.807) is 0 Å². The maximum absolute atomic E-state index is 9.65. The lowest BCUT2D eigenvalue weighted by Gasteiger charge is -2.28. The molecule has 1 aromatic carbocycles. The zero-order valence-corrected chi connectivity index (χ0v) is 15.3. The van der Waals surface area contributed by atoms with Crippen molar-refractivity contribution in [2.24, 2.45) is 4.99 Å². The van der Waals surface area contributed by atoms with E-state index >= 15 is 0 Å². The van der Waals surface area contributed by atoms with Crippen molar-refractivity contribution < 1.29 is 5.11 Å². The Labute approximate surface area is 149 Å². The van der Waals surface area contributed by atoms with Crippen molar-refractivity contribution >= 4 is 17.7 Å². The zero-order chi connectivity index (χ0) is 16.8. The van der Waals surface area contributed by atoms with Crippen molar-refractivity contribution in [2.75, 3.05) is 13.1 Å². The van der Waals surface area contributed by atoms with Crippen LogP contribution in [0.3, 0.4) is 0 Å². The second kappa shape index (κ2) is 8.26. The molecule has 2 aliphatic carbocycles. The van der Waals surface area contributed by atoms with Crippen LogP contribution < -0.4 is 10.6 Å². The van der Waals surface area contributed by atoms with Gasteiger partial charge in [0.2, 0.25) is 0 Å². The van der Waals surface area contributed by atoms with Gasteiger partial charge in [-0.1, -0.05) is 18.2 Å². The molecule has 3 rings (SSSR count). The number of nitrogens with zero attached hydrogens (tertiary/aromatic N) is 1. The summed E-state index contributed by atoms with van der Waals surface area (Å²) in [5.74, 6) is 0.929. The number of aliphatic hydroxyl groups is 1. The van der Waals surface area contributed by atoms with Gasteiger partial charge in [0, 0.05) is 22.2 Å². The number of thioether (sulfide) groups is 1. The average Bonchev–Trinajstić information content (AvgIpc) is 3.36. The predicted octanol–water partition coefficient (Wildman–Crippen LogP) is 3.17. The van der Waals surface area contributed by atoms with Gasteiger partial charge in [0.05, 0.1) is 12.6 Å². The molecule has 132 valence electrons. The molecule has 1 aromatic rings. The second-order valence-corrected chi connectivity index (χ2v) is 8.48. The molecule has 0 saturated heterocycles. The van der Waals surface area contributed by atoms with Crippen LogP contribution in [-0.4, -0.2) is 41.0 Å². The Morgan fingerprint density at radius 3 is 2.54 bits per heavy atom. The van der Waals surface area contributed by atoms with E-state index in [1.807, 2.05) is 11.8 Å². The van der Waals surface area contributed by atoms with Gasteiger partial charge in [0.1, 0.15) is 0 Å². The van der Waals surface area contributed by atoms with Gasteiger partial charge in [0.25, 0.3) is 0 Å². The summed E-state index contributed by atoms with van der Waals surface area (Å²) in [6.07, 6.45) is 6.20. The zero-order valence-electron chi connectivity index (χ0n) is 14.5. The molecule has 2 fully saturated rings. The van der Waals surface area contributed by atoms with E-state index in [9.17, 15) is 5.11 Å². The quantitative estimate of drug-likeness (QED) is 0.546. The first kappa shape index (κ1) is 17.6. The van der Waals surface area contributed by atoms with Crippen LogP contribution in [0.1, 0.15) is 45.4 Å². The van der Waals surface area contributed by atoms with Crippen LogP contribution in [0.15, 0.2) is 40.2 Å². The molecule has 0 unspecified atom stereocenters. The molecule has 0 radical (unpaired) electrons. The number of hydrogen-bond donors (Lipinski definition) is 3. The van der Waals surface area contributed by atoms with Gasteiger partial charge >= 0.3 is 0 Å². The molecule has 2 aliphatic rings. The van der Waals surface area contributed by atoms with Gasteiger partial charge in [-0.3, -0.25) is 4.99 Å². The van der Waals surface area contributed by atoms with Crippen molar-refractivity contribution in [1.29, 1.82) is 0 Å². The molecule has 2 saturated carbocycles. The highest BCUT2D eigenvalue weighted by Gasteiger charge is 2.43. The fraction of sp³-hybridized carbons (Fsp3) is 0.632. The Bertz CT molecular complexity index is 537. The Morgan fingerprint density at radius 2 is 1.92 bits per heavy atom. The number of hydrogen-bond acceptors (Lipinski definition) is 3. The molecule has 0 aliphatic heterocycles. The smallest absolute Gasteiger partial charge is 0.191 e. The Kier molecular flexibility index (Phi) is 6.06. The fourth-order valence-electron chi connectivity index (χ4n) is 3.13. The first-order valence-corrected chi connectivity index (χ1v) is 9.98. The van der Waals surface area contributed by atoms with E-state index in [0.29, 0.717) is 6.04 Å². The van der Waals surface area contributed by atoms with E-state index in [0.717, 1.165) is 44.7 Å². The highest BCUT2D eigenvalue weighted by Crippen LogP contribution is 2.51. The third-order valence-electron chi connectivity index (χ3n) is 4.79. The van der Waals surface area contributed by atoms with Gasteiger partial charge in [0.15, 0.2) is 5.96 Å². The lowest BCUT2D eigenvalue weighted by molar-refractivity contribution is 0.120. The SMILES string of the molecule is CCNC(=NCC1(Sc2ccccc2)CC1)NC1CCC(O)CC1. The van der Waals surface area contributed by atoms with Crippen molar-refractivity contribution in [3.05, 3.63) is 30.3 Å². The van der Waals surface area contributed by atoms with Crippen LogP contribution in [0.2, 0.25) is 0 Å². The molecule has 0 atom stereocenters. The molecule has 0 amide bonds. The van der Waals surface area contributed by atoms with Gasteiger partial charge in [-0.15, -0.1) is 11.8 Å². The molecule has 0 spiro atoms. The van der Waals surface area contributed by atoms with E-state index < -0.39 is 0 Å². The molecule has 5 heteroatoms. The van der Waals surface area contributed by atoms with Crippen LogP contribution in [0.5, 0.6) is 0 Å². The maximum Gasteiger partial charge on any atom is 0.191 e. The summed E-state index contributed by atoms with van der Waals surface area (Å²) in [6, 6.07) is 11.1. The predicted molar refractivity (Wildman–Crippen MR) is 102 cm³/mol. The standard InChI is InChI=1S/C19H29N3OS/c1-2-20-18(22-15-8-10-16(23)11-9-15)21-14-19(12-13-19)24-17-6-4-3-5-7-17/h3-7,15-16,23H,2,8-14H2,1H3,(H2,20,21,22). The van der Waals surface area contributed by atoms with Crippen LogP contribution in [0.25, 0.3) is 0 Å². The van der Waals surface area contributed by atoms with Crippen molar-refractivity contribution in [1.82, 2.24) is 10.6 Å². The van der Waals surface area contributed by atoms with Gasteiger partial charge in [-0.2, -0.15) is 0 Å². The molecular weight excluding hydrogens is 318 g/mol.